The quantitative estimate of drug-likeness (QED) is 0.842. The second-order valence-electron chi connectivity index (χ2n) is 5.95. The van der Waals surface area contributed by atoms with Gasteiger partial charge in [0.1, 0.15) is 11.6 Å². The van der Waals surface area contributed by atoms with E-state index >= 15 is 0 Å². The van der Waals surface area contributed by atoms with Crippen LogP contribution >= 0.6 is 0 Å². The minimum Gasteiger partial charge on any atom is -0.494 e. The summed E-state index contributed by atoms with van der Waals surface area (Å²) in [7, 11) is 2.02. The predicted molar refractivity (Wildman–Crippen MR) is 90.8 cm³/mol. The normalized spacial score (nSPS) is 15.9. The zero-order valence-corrected chi connectivity index (χ0v) is 14.2. The number of ether oxygens (including phenoxy) is 1. The number of piperazine rings is 1. The highest BCUT2D eigenvalue weighted by Gasteiger charge is 2.21. The van der Waals surface area contributed by atoms with Crippen LogP contribution in [-0.4, -0.2) is 52.5 Å². The summed E-state index contributed by atoms with van der Waals surface area (Å²) >= 11 is 0. The lowest BCUT2D eigenvalue weighted by atomic mass is 10.2. The van der Waals surface area contributed by atoms with E-state index in [0.29, 0.717) is 6.61 Å². The third-order valence-electron chi connectivity index (χ3n) is 4.37. The number of benzene rings is 1. The molecule has 0 spiro atoms. The van der Waals surface area contributed by atoms with E-state index in [1.165, 1.54) is 5.56 Å². The number of aryl methyl sites for hydroxylation is 1. The van der Waals surface area contributed by atoms with E-state index in [9.17, 15) is 0 Å². The molecule has 3 rings (SSSR count). The lowest BCUT2D eigenvalue weighted by Gasteiger charge is -2.35. The minimum absolute atomic E-state index is 0.711. The molecule has 6 nitrogen and oxygen atoms in total. The van der Waals surface area contributed by atoms with Crippen LogP contribution in [0.4, 0.5) is 5.95 Å². The van der Waals surface area contributed by atoms with Crippen molar-refractivity contribution < 1.29 is 4.74 Å². The average molecular weight is 315 g/mol. The van der Waals surface area contributed by atoms with Crippen LogP contribution in [0.3, 0.4) is 0 Å². The van der Waals surface area contributed by atoms with Gasteiger partial charge in [0.25, 0.3) is 0 Å². The van der Waals surface area contributed by atoms with E-state index in [1.807, 2.05) is 20.9 Å². The van der Waals surface area contributed by atoms with Crippen LogP contribution in [0.1, 0.15) is 18.3 Å². The average Bonchev–Trinajstić information content (AvgIpc) is 2.90. The third kappa shape index (κ3) is 3.64. The van der Waals surface area contributed by atoms with Crippen LogP contribution in [0.5, 0.6) is 5.75 Å². The molecule has 0 bridgehead atoms. The number of hydrogen-bond acceptors (Lipinski definition) is 5. The van der Waals surface area contributed by atoms with E-state index in [2.05, 4.69) is 48.8 Å². The molecule has 0 amide bonds. The van der Waals surface area contributed by atoms with E-state index in [4.69, 9.17) is 4.74 Å². The highest BCUT2D eigenvalue weighted by Crippen LogP contribution is 2.17. The minimum atomic E-state index is 0.711. The zero-order chi connectivity index (χ0) is 16.2. The van der Waals surface area contributed by atoms with Crippen LogP contribution in [0.25, 0.3) is 0 Å². The monoisotopic (exact) mass is 315 g/mol. The molecule has 0 saturated carbocycles. The maximum atomic E-state index is 5.49. The molecule has 1 fully saturated rings. The summed E-state index contributed by atoms with van der Waals surface area (Å²) in [5.74, 6) is 2.87. The first-order chi connectivity index (χ1) is 11.2. The van der Waals surface area contributed by atoms with Gasteiger partial charge in [-0.3, -0.25) is 4.90 Å². The van der Waals surface area contributed by atoms with Crippen molar-refractivity contribution in [3.63, 3.8) is 0 Å². The zero-order valence-electron chi connectivity index (χ0n) is 14.2. The van der Waals surface area contributed by atoms with Crippen LogP contribution in [0.15, 0.2) is 24.3 Å². The summed E-state index contributed by atoms with van der Waals surface area (Å²) in [5, 5.41) is 8.43. The summed E-state index contributed by atoms with van der Waals surface area (Å²) in [6, 6.07) is 8.42. The molecule has 6 heteroatoms. The first kappa shape index (κ1) is 15.8. The van der Waals surface area contributed by atoms with Gasteiger partial charge in [-0.1, -0.05) is 12.1 Å². The molecule has 1 aliphatic heterocycles. The molecule has 0 atom stereocenters. The van der Waals surface area contributed by atoms with Gasteiger partial charge in [-0.2, -0.15) is 0 Å². The Morgan fingerprint density at radius 1 is 1.04 bits per heavy atom. The molecule has 124 valence electrons. The second-order valence-corrected chi connectivity index (χ2v) is 5.95. The standard InChI is InChI=1S/C17H25N5O/c1-4-23-16-7-5-15(6-8-16)13-21-9-11-22(12-10-21)17-19-18-14(2)20(17)3/h5-8H,4,9-13H2,1-3H3. The van der Waals surface area contributed by atoms with Crippen molar-refractivity contribution in [3.05, 3.63) is 35.7 Å². The molecule has 1 saturated heterocycles. The molecule has 0 radical (unpaired) electrons. The molecule has 0 aliphatic carbocycles. The third-order valence-corrected chi connectivity index (χ3v) is 4.37. The summed E-state index contributed by atoms with van der Waals surface area (Å²) in [4.78, 5) is 4.80. The van der Waals surface area contributed by atoms with Gasteiger partial charge in [-0.25, -0.2) is 0 Å². The van der Waals surface area contributed by atoms with E-state index in [1.54, 1.807) is 0 Å². The van der Waals surface area contributed by atoms with Crippen molar-refractivity contribution in [1.82, 2.24) is 19.7 Å². The number of hydrogen-bond donors (Lipinski definition) is 0. The molecule has 1 aromatic carbocycles. The van der Waals surface area contributed by atoms with Gasteiger partial charge in [0.2, 0.25) is 5.95 Å². The predicted octanol–water partition coefficient (Wildman–Crippen LogP) is 1.84. The molecule has 2 aromatic rings. The number of rotatable bonds is 5. The summed E-state index contributed by atoms with van der Waals surface area (Å²) in [6.45, 7) is 9.75. The SMILES string of the molecule is CCOc1ccc(CN2CCN(c3nnc(C)n3C)CC2)cc1. The Balaban J connectivity index is 1.53. The van der Waals surface area contributed by atoms with E-state index < -0.39 is 0 Å². The van der Waals surface area contributed by atoms with Crippen LogP contribution < -0.4 is 9.64 Å². The van der Waals surface area contributed by atoms with Gasteiger partial charge >= 0.3 is 0 Å². The topological polar surface area (TPSA) is 46.4 Å². The Hall–Kier alpha value is -2.08. The van der Waals surface area contributed by atoms with Gasteiger partial charge in [-0.05, 0) is 31.5 Å². The fraction of sp³-hybridized carbons (Fsp3) is 0.529. The highest BCUT2D eigenvalue weighted by atomic mass is 16.5. The fourth-order valence-electron chi connectivity index (χ4n) is 2.89. The van der Waals surface area contributed by atoms with Crippen molar-refractivity contribution >= 4 is 5.95 Å². The number of aromatic nitrogens is 3. The van der Waals surface area contributed by atoms with Crippen LogP contribution in [-0.2, 0) is 13.6 Å². The molecular weight excluding hydrogens is 290 g/mol. The van der Waals surface area contributed by atoms with Crippen molar-refractivity contribution in [2.45, 2.75) is 20.4 Å². The fourth-order valence-corrected chi connectivity index (χ4v) is 2.89. The Morgan fingerprint density at radius 2 is 1.74 bits per heavy atom. The Morgan fingerprint density at radius 3 is 2.30 bits per heavy atom. The summed E-state index contributed by atoms with van der Waals surface area (Å²) in [6.07, 6.45) is 0. The smallest absolute Gasteiger partial charge is 0.227 e. The summed E-state index contributed by atoms with van der Waals surface area (Å²) in [5.41, 5.74) is 1.33. The first-order valence-corrected chi connectivity index (χ1v) is 8.22. The van der Waals surface area contributed by atoms with E-state index in [0.717, 1.165) is 50.2 Å². The van der Waals surface area contributed by atoms with Crippen LogP contribution in [0, 0.1) is 6.92 Å². The first-order valence-electron chi connectivity index (χ1n) is 8.22. The maximum Gasteiger partial charge on any atom is 0.227 e. The second kappa shape index (κ2) is 7.00. The Kier molecular flexibility index (Phi) is 4.81. The Labute approximate surface area is 137 Å². The Bertz CT molecular complexity index is 629. The molecule has 0 unspecified atom stereocenters. The number of anilines is 1. The molecular formula is C17H25N5O. The molecule has 1 aliphatic rings. The van der Waals surface area contributed by atoms with Gasteiger partial charge < -0.3 is 14.2 Å². The largest absolute Gasteiger partial charge is 0.494 e. The molecule has 1 aromatic heterocycles. The lowest BCUT2D eigenvalue weighted by molar-refractivity contribution is 0.248. The van der Waals surface area contributed by atoms with Crippen molar-refractivity contribution in [2.75, 3.05) is 37.7 Å². The molecule has 2 heterocycles. The van der Waals surface area contributed by atoms with Gasteiger partial charge in [0.05, 0.1) is 6.61 Å². The lowest BCUT2D eigenvalue weighted by Crippen LogP contribution is -2.46. The van der Waals surface area contributed by atoms with Crippen molar-refractivity contribution in [1.29, 1.82) is 0 Å². The summed E-state index contributed by atoms with van der Waals surface area (Å²) < 4.78 is 7.55. The van der Waals surface area contributed by atoms with Crippen molar-refractivity contribution in [2.24, 2.45) is 7.05 Å². The maximum absolute atomic E-state index is 5.49. The highest BCUT2D eigenvalue weighted by molar-refractivity contribution is 5.32. The molecule has 0 N–H and O–H groups in total. The van der Waals surface area contributed by atoms with Gasteiger partial charge in [0, 0.05) is 39.8 Å². The molecule has 23 heavy (non-hydrogen) atoms. The van der Waals surface area contributed by atoms with Crippen LogP contribution in [0.2, 0.25) is 0 Å². The van der Waals surface area contributed by atoms with Gasteiger partial charge in [0.15, 0.2) is 0 Å². The van der Waals surface area contributed by atoms with E-state index in [-0.39, 0.29) is 0 Å². The van der Waals surface area contributed by atoms with Crippen molar-refractivity contribution in [3.8, 4) is 5.75 Å². The number of nitrogens with zero attached hydrogens (tertiary/aromatic N) is 5. The van der Waals surface area contributed by atoms with Gasteiger partial charge in [-0.15, -0.1) is 10.2 Å².